The quantitative estimate of drug-likeness (QED) is 0.577. The molecule has 0 amide bonds. The van der Waals surface area contributed by atoms with Crippen LogP contribution in [0.3, 0.4) is 0 Å². The van der Waals surface area contributed by atoms with Crippen molar-refractivity contribution in [2.24, 2.45) is 0 Å². The van der Waals surface area contributed by atoms with Gasteiger partial charge in [-0.05, 0) is 60.7 Å². The highest BCUT2D eigenvalue weighted by Crippen LogP contribution is 2.20. The second-order valence-electron chi connectivity index (χ2n) is 4.92. The smallest absolute Gasteiger partial charge is 0.363 e. The number of nitro groups is 2. The Morgan fingerprint density at radius 3 is 1.88 bits per heavy atom. The van der Waals surface area contributed by atoms with Gasteiger partial charge in [0.15, 0.2) is 12.4 Å². The van der Waals surface area contributed by atoms with Gasteiger partial charge >= 0.3 is 11.6 Å². The number of pyridine rings is 2. The Balaban J connectivity index is 0.000000185. The number of anilines is 1. The van der Waals surface area contributed by atoms with Crippen LogP contribution in [-0.4, -0.2) is 32.9 Å². The predicted molar refractivity (Wildman–Crippen MR) is 90.9 cm³/mol. The van der Waals surface area contributed by atoms with Crippen LogP contribution in [0.5, 0.6) is 0 Å². The maximum Gasteiger partial charge on any atom is 0.363 e. The van der Waals surface area contributed by atoms with Gasteiger partial charge in [0.25, 0.3) is 0 Å². The maximum atomic E-state index is 10.4. The minimum Gasteiger partial charge on any atom is -0.368 e. The second kappa shape index (κ2) is 8.29. The second-order valence-corrected chi connectivity index (χ2v) is 5.83. The highest BCUT2D eigenvalue weighted by atomic mass is 79.9. The van der Waals surface area contributed by atoms with Crippen LogP contribution in [0.15, 0.2) is 41.1 Å². The summed E-state index contributed by atoms with van der Waals surface area (Å²) in [4.78, 5) is 28.9. The molecular weight excluding hydrogens is 382 g/mol. The summed E-state index contributed by atoms with van der Waals surface area (Å²) in [6, 6.07) is 6.12. The van der Waals surface area contributed by atoms with E-state index in [1.807, 2.05) is 0 Å². The molecular formula is C14H14BrN5O4. The molecule has 0 unspecified atom stereocenters. The van der Waals surface area contributed by atoms with Crippen LogP contribution in [-0.2, 0) is 0 Å². The molecule has 0 saturated carbocycles. The Labute approximate surface area is 145 Å². The molecule has 9 nitrogen and oxygen atoms in total. The minimum absolute atomic E-state index is 0.0899. The molecule has 0 bridgehead atoms. The summed E-state index contributed by atoms with van der Waals surface area (Å²) in [5.41, 5.74) is 0.980. The molecule has 0 aliphatic carbocycles. The van der Waals surface area contributed by atoms with E-state index in [1.165, 1.54) is 31.2 Å². The molecule has 10 heteroatoms. The summed E-state index contributed by atoms with van der Waals surface area (Å²) in [6.07, 6.45) is 5.34. The molecule has 1 aliphatic heterocycles. The van der Waals surface area contributed by atoms with Crippen LogP contribution in [0.25, 0.3) is 0 Å². The van der Waals surface area contributed by atoms with Crippen molar-refractivity contribution >= 4 is 33.3 Å². The van der Waals surface area contributed by atoms with Crippen LogP contribution in [0.4, 0.5) is 17.3 Å². The Hall–Kier alpha value is -2.62. The zero-order chi connectivity index (χ0) is 17.5. The molecule has 2 aromatic rings. The molecule has 3 heterocycles. The van der Waals surface area contributed by atoms with E-state index in [0.29, 0.717) is 0 Å². The first-order valence-electron chi connectivity index (χ1n) is 7.08. The standard InChI is InChI=1S/C9H11N3O2.C5H3BrN2O2/c13-12(14)9-4-3-8(7-10-9)11-5-1-2-6-11;6-4-1-2-5(7-3-4)8(9)10/h3-4,7H,1-2,5-6H2;1-3H. The summed E-state index contributed by atoms with van der Waals surface area (Å²) in [7, 11) is 0. The summed E-state index contributed by atoms with van der Waals surface area (Å²) in [6.45, 7) is 2.05. The van der Waals surface area contributed by atoms with E-state index >= 15 is 0 Å². The zero-order valence-electron chi connectivity index (χ0n) is 12.5. The van der Waals surface area contributed by atoms with Gasteiger partial charge in [-0.15, -0.1) is 0 Å². The fourth-order valence-corrected chi connectivity index (χ4v) is 2.36. The van der Waals surface area contributed by atoms with Gasteiger partial charge in [-0.25, -0.2) is 0 Å². The maximum absolute atomic E-state index is 10.4. The van der Waals surface area contributed by atoms with Crippen molar-refractivity contribution in [2.75, 3.05) is 18.0 Å². The van der Waals surface area contributed by atoms with Gasteiger partial charge in [0.1, 0.15) is 0 Å². The Morgan fingerprint density at radius 1 is 0.917 bits per heavy atom. The topological polar surface area (TPSA) is 115 Å². The first kappa shape index (κ1) is 17.7. The number of hydrogen-bond donors (Lipinski definition) is 0. The molecule has 24 heavy (non-hydrogen) atoms. The average molecular weight is 396 g/mol. The highest BCUT2D eigenvalue weighted by molar-refractivity contribution is 9.10. The van der Waals surface area contributed by atoms with Crippen molar-refractivity contribution in [3.63, 3.8) is 0 Å². The largest absolute Gasteiger partial charge is 0.368 e. The van der Waals surface area contributed by atoms with Gasteiger partial charge < -0.3 is 25.1 Å². The van der Waals surface area contributed by atoms with Crippen LogP contribution in [0.1, 0.15) is 12.8 Å². The lowest BCUT2D eigenvalue weighted by Gasteiger charge is -2.14. The van der Waals surface area contributed by atoms with Crippen molar-refractivity contribution in [1.29, 1.82) is 0 Å². The molecule has 0 spiro atoms. The monoisotopic (exact) mass is 395 g/mol. The molecule has 3 rings (SSSR count). The zero-order valence-corrected chi connectivity index (χ0v) is 14.1. The summed E-state index contributed by atoms with van der Waals surface area (Å²) < 4.78 is 0.734. The number of aromatic nitrogens is 2. The Bertz CT molecular complexity index is 702. The third-order valence-corrected chi connectivity index (χ3v) is 3.76. The molecule has 0 aromatic carbocycles. The predicted octanol–water partition coefficient (Wildman–Crippen LogP) is 3.34. The van der Waals surface area contributed by atoms with Crippen molar-refractivity contribution in [2.45, 2.75) is 12.8 Å². The normalized spacial score (nSPS) is 13.1. The lowest BCUT2D eigenvalue weighted by Crippen LogP contribution is -2.17. The molecule has 0 radical (unpaired) electrons. The molecule has 126 valence electrons. The lowest BCUT2D eigenvalue weighted by atomic mass is 10.4. The van der Waals surface area contributed by atoms with Gasteiger partial charge in [-0.2, -0.15) is 0 Å². The first-order chi connectivity index (χ1) is 11.5. The van der Waals surface area contributed by atoms with E-state index in [9.17, 15) is 20.2 Å². The average Bonchev–Trinajstić information content (AvgIpc) is 3.10. The van der Waals surface area contributed by atoms with E-state index in [0.717, 1.165) is 23.2 Å². The molecule has 0 atom stereocenters. The van der Waals surface area contributed by atoms with E-state index in [1.54, 1.807) is 18.3 Å². The Kier molecular flexibility index (Phi) is 6.13. The summed E-state index contributed by atoms with van der Waals surface area (Å²) in [5, 5.41) is 20.4. The summed E-state index contributed by atoms with van der Waals surface area (Å²) in [5.74, 6) is -0.226. The SMILES string of the molecule is O=[N+]([O-])c1ccc(Br)cn1.O=[N+]([O-])c1ccc(N2CCCC2)cn1. The molecule has 1 saturated heterocycles. The fourth-order valence-electron chi connectivity index (χ4n) is 2.12. The molecule has 1 fully saturated rings. The van der Waals surface area contributed by atoms with Gasteiger partial charge in [-0.3, -0.25) is 0 Å². The van der Waals surface area contributed by atoms with Gasteiger partial charge in [-0.1, -0.05) is 0 Å². The third kappa shape index (κ3) is 4.95. The molecule has 2 aromatic heterocycles. The van der Waals surface area contributed by atoms with Gasteiger partial charge in [0, 0.05) is 25.2 Å². The minimum atomic E-state index is -0.535. The van der Waals surface area contributed by atoms with Crippen molar-refractivity contribution < 1.29 is 9.85 Å². The van der Waals surface area contributed by atoms with Crippen molar-refractivity contribution in [3.8, 4) is 0 Å². The van der Waals surface area contributed by atoms with Gasteiger partial charge in [0.05, 0.1) is 10.2 Å². The summed E-state index contributed by atoms with van der Waals surface area (Å²) >= 11 is 3.11. The van der Waals surface area contributed by atoms with E-state index < -0.39 is 9.85 Å². The molecule has 1 aliphatic rings. The van der Waals surface area contributed by atoms with Crippen LogP contribution < -0.4 is 4.90 Å². The third-order valence-electron chi connectivity index (χ3n) is 3.29. The Morgan fingerprint density at radius 2 is 1.46 bits per heavy atom. The van der Waals surface area contributed by atoms with Crippen molar-refractivity contribution in [1.82, 2.24) is 9.97 Å². The van der Waals surface area contributed by atoms with Crippen LogP contribution >= 0.6 is 15.9 Å². The first-order valence-corrected chi connectivity index (χ1v) is 7.88. The number of halogens is 1. The lowest BCUT2D eigenvalue weighted by molar-refractivity contribution is -0.389. The van der Waals surface area contributed by atoms with E-state index in [-0.39, 0.29) is 11.6 Å². The van der Waals surface area contributed by atoms with E-state index in [4.69, 9.17) is 0 Å². The van der Waals surface area contributed by atoms with Crippen molar-refractivity contribution in [3.05, 3.63) is 61.4 Å². The van der Waals surface area contributed by atoms with Crippen LogP contribution in [0, 0.1) is 20.2 Å². The van der Waals surface area contributed by atoms with Crippen LogP contribution in [0.2, 0.25) is 0 Å². The van der Waals surface area contributed by atoms with E-state index in [2.05, 4.69) is 30.8 Å². The molecule has 0 N–H and O–H groups in total. The van der Waals surface area contributed by atoms with Gasteiger partial charge in [0.2, 0.25) is 0 Å². The highest BCUT2D eigenvalue weighted by Gasteiger charge is 2.15. The number of hydrogen-bond acceptors (Lipinski definition) is 7. The fraction of sp³-hybridized carbons (Fsp3) is 0.286. The number of rotatable bonds is 3. The number of nitrogens with zero attached hydrogens (tertiary/aromatic N) is 5.